The second-order valence-electron chi connectivity index (χ2n) is 4.68. The van der Waals surface area contributed by atoms with Crippen molar-refractivity contribution in [3.8, 4) is 0 Å². The van der Waals surface area contributed by atoms with Crippen LogP contribution in [-0.2, 0) is 4.79 Å². The number of hydrogen-bond donors (Lipinski definition) is 2. The van der Waals surface area contributed by atoms with Gasteiger partial charge in [0.1, 0.15) is 5.69 Å². The maximum atomic E-state index is 11.2. The van der Waals surface area contributed by atoms with Crippen molar-refractivity contribution < 1.29 is 9.72 Å². The number of aromatic nitrogens is 1. The Bertz CT molecular complexity index is 712. The average Bonchev–Trinajstić information content (AvgIpc) is 2.92. The van der Waals surface area contributed by atoms with Crippen molar-refractivity contribution in [1.29, 1.82) is 0 Å². The highest BCUT2D eigenvalue weighted by molar-refractivity contribution is 7.18. The Morgan fingerprint density at radius 2 is 2.35 bits per heavy atom. The predicted molar refractivity (Wildman–Crippen MR) is 76.0 cm³/mol. The van der Waals surface area contributed by atoms with E-state index < -0.39 is 4.92 Å². The number of carbonyl (C=O) groups excluding carboxylic acids is 1. The molecule has 1 unspecified atom stereocenters. The predicted octanol–water partition coefficient (Wildman–Crippen LogP) is 1.81. The third-order valence-corrected chi connectivity index (χ3v) is 4.08. The van der Waals surface area contributed by atoms with Crippen LogP contribution in [-0.4, -0.2) is 28.4 Å². The second kappa shape index (κ2) is 4.71. The molecule has 1 aliphatic rings. The first kappa shape index (κ1) is 12.8. The number of rotatable bonds is 3. The van der Waals surface area contributed by atoms with E-state index in [-0.39, 0.29) is 17.6 Å². The van der Waals surface area contributed by atoms with Gasteiger partial charge in [0.25, 0.3) is 5.69 Å². The zero-order valence-electron chi connectivity index (χ0n) is 10.7. The standard InChI is InChI=1S/C12H12N4O3S/c1-6-14-9-3-8(15-7-2-12(17)13-5-7)10(16(18)19)4-11(9)20-6/h3-4,7,15H,2,5H2,1H3,(H,13,17). The van der Waals surface area contributed by atoms with Crippen molar-refractivity contribution in [2.24, 2.45) is 0 Å². The number of hydrogen-bond acceptors (Lipinski definition) is 6. The number of amides is 1. The van der Waals surface area contributed by atoms with Crippen LogP contribution in [0.15, 0.2) is 12.1 Å². The summed E-state index contributed by atoms with van der Waals surface area (Å²) in [6, 6.07) is 3.09. The van der Waals surface area contributed by atoms with Gasteiger partial charge in [-0.2, -0.15) is 0 Å². The highest BCUT2D eigenvalue weighted by atomic mass is 32.1. The molecule has 7 nitrogen and oxygen atoms in total. The Kier molecular flexibility index (Phi) is 3.01. The SMILES string of the molecule is Cc1nc2cc(NC3CNC(=O)C3)c([N+](=O)[O-])cc2s1. The van der Waals surface area contributed by atoms with E-state index in [9.17, 15) is 14.9 Å². The fourth-order valence-corrected chi connectivity index (χ4v) is 3.11. The molecule has 1 aromatic carbocycles. The highest BCUT2D eigenvalue weighted by Gasteiger charge is 2.25. The van der Waals surface area contributed by atoms with Crippen LogP contribution in [0.5, 0.6) is 0 Å². The van der Waals surface area contributed by atoms with Crippen LogP contribution in [0, 0.1) is 17.0 Å². The van der Waals surface area contributed by atoms with Crippen LogP contribution in [0.4, 0.5) is 11.4 Å². The van der Waals surface area contributed by atoms with Crippen molar-refractivity contribution in [2.75, 3.05) is 11.9 Å². The normalized spacial score (nSPS) is 18.2. The number of fused-ring (bicyclic) bond motifs is 1. The van der Waals surface area contributed by atoms with Gasteiger partial charge in [-0.05, 0) is 13.0 Å². The highest BCUT2D eigenvalue weighted by Crippen LogP contribution is 2.33. The summed E-state index contributed by atoms with van der Waals surface area (Å²) >= 11 is 1.43. The number of nitro benzene ring substituents is 1. The average molecular weight is 292 g/mol. The first-order chi connectivity index (χ1) is 9.52. The van der Waals surface area contributed by atoms with Crippen LogP contribution in [0.3, 0.4) is 0 Å². The second-order valence-corrected chi connectivity index (χ2v) is 5.91. The molecule has 3 rings (SSSR count). The lowest BCUT2D eigenvalue weighted by Crippen LogP contribution is -2.22. The Morgan fingerprint density at radius 3 is 3.00 bits per heavy atom. The van der Waals surface area contributed by atoms with E-state index >= 15 is 0 Å². The molecule has 0 spiro atoms. The molecular formula is C12H12N4O3S. The third kappa shape index (κ3) is 2.29. The van der Waals surface area contributed by atoms with E-state index in [0.29, 0.717) is 18.7 Å². The lowest BCUT2D eigenvalue weighted by molar-refractivity contribution is -0.383. The van der Waals surface area contributed by atoms with Gasteiger partial charge in [-0.25, -0.2) is 4.98 Å². The Hall–Kier alpha value is -2.22. The van der Waals surface area contributed by atoms with Crippen LogP contribution >= 0.6 is 11.3 Å². The lowest BCUT2D eigenvalue weighted by Gasteiger charge is -2.12. The van der Waals surface area contributed by atoms with Crippen molar-refractivity contribution >= 4 is 38.8 Å². The number of benzene rings is 1. The molecule has 0 aliphatic carbocycles. The van der Waals surface area contributed by atoms with Gasteiger partial charge in [0.15, 0.2) is 0 Å². The zero-order chi connectivity index (χ0) is 14.3. The van der Waals surface area contributed by atoms with E-state index in [2.05, 4.69) is 15.6 Å². The van der Waals surface area contributed by atoms with Gasteiger partial charge in [-0.3, -0.25) is 14.9 Å². The molecule has 2 N–H and O–H groups in total. The quantitative estimate of drug-likeness (QED) is 0.664. The molecule has 1 aromatic heterocycles. The first-order valence-electron chi connectivity index (χ1n) is 6.12. The molecular weight excluding hydrogens is 280 g/mol. The Morgan fingerprint density at radius 1 is 1.55 bits per heavy atom. The summed E-state index contributed by atoms with van der Waals surface area (Å²) in [5, 5.41) is 17.8. The summed E-state index contributed by atoms with van der Waals surface area (Å²) in [6.45, 7) is 2.34. The van der Waals surface area contributed by atoms with E-state index in [4.69, 9.17) is 0 Å². The van der Waals surface area contributed by atoms with Gasteiger partial charge < -0.3 is 10.6 Å². The number of nitro groups is 1. The van der Waals surface area contributed by atoms with Gasteiger partial charge >= 0.3 is 0 Å². The van der Waals surface area contributed by atoms with Crippen molar-refractivity contribution in [1.82, 2.24) is 10.3 Å². The molecule has 2 heterocycles. The fourth-order valence-electron chi connectivity index (χ4n) is 2.27. The van der Waals surface area contributed by atoms with E-state index in [1.807, 2.05) is 6.92 Å². The van der Waals surface area contributed by atoms with Gasteiger partial charge in [-0.1, -0.05) is 0 Å². The van der Waals surface area contributed by atoms with Crippen LogP contribution in [0.2, 0.25) is 0 Å². The summed E-state index contributed by atoms with van der Waals surface area (Å²) in [5.41, 5.74) is 1.16. The third-order valence-electron chi connectivity index (χ3n) is 3.15. The summed E-state index contributed by atoms with van der Waals surface area (Å²) in [5.74, 6) is -0.0456. The van der Waals surface area contributed by atoms with E-state index in [1.165, 1.54) is 17.4 Å². The molecule has 0 radical (unpaired) electrons. The summed E-state index contributed by atoms with van der Waals surface area (Å²) in [6.07, 6.45) is 0.325. The molecule has 1 saturated heterocycles. The van der Waals surface area contributed by atoms with Gasteiger partial charge in [0, 0.05) is 19.0 Å². The monoisotopic (exact) mass is 292 g/mol. The summed E-state index contributed by atoms with van der Waals surface area (Å²) in [4.78, 5) is 26.3. The smallest absolute Gasteiger partial charge is 0.293 e. The summed E-state index contributed by atoms with van der Waals surface area (Å²) < 4.78 is 0.792. The molecule has 104 valence electrons. The van der Waals surface area contributed by atoms with Gasteiger partial charge in [0.2, 0.25) is 5.91 Å². The van der Waals surface area contributed by atoms with Crippen LogP contribution in [0.25, 0.3) is 10.2 Å². The Labute approximate surface area is 118 Å². The van der Waals surface area contributed by atoms with E-state index in [1.54, 1.807) is 6.07 Å². The molecule has 8 heteroatoms. The maximum Gasteiger partial charge on any atom is 0.293 e. The number of nitrogens with zero attached hydrogens (tertiary/aromatic N) is 2. The molecule has 2 aromatic rings. The van der Waals surface area contributed by atoms with Gasteiger partial charge in [-0.15, -0.1) is 11.3 Å². The number of thiazole rings is 1. The minimum atomic E-state index is -0.416. The first-order valence-corrected chi connectivity index (χ1v) is 6.93. The molecule has 0 bridgehead atoms. The van der Waals surface area contributed by atoms with Crippen molar-refractivity contribution in [3.63, 3.8) is 0 Å². The molecule has 0 saturated carbocycles. The topological polar surface area (TPSA) is 97.2 Å². The minimum absolute atomic E-state index is 0.0144. The zero-order valence-corrected chi connectivity index (χ0v) is 11.5. The Balaban J connectivity index is 2.00. The fraction of sp³-hybridized carbons (Fsp3) is 0.333. The molecule has 1 atom stereocenters. The van der Waals surface area contributed by atoms with Crippen LogP contribution in [0.1, 0.15) is 11.4 Å². The maximum absolute atomic E-state index is 11.2. The van der Waals surface area contributed by atoms with E-state index in [0.717, 1.165) is 15.2 Å². The summed E-state index contributed by atoms with van der Waals surface area (Å²) in [7, 11) is 0. The molecule has 1 amide bonds. The molecule has 20 heavy (non-hydrogen) atoms. The largest absolute Gasteiger partial charge is 0.374 e. The molecule has 1 fully saturated rings. The van der Waals surface area contributed by atoms with Crippen LogP contribution < -0.4 is 10.6 Å². The minimum Gasteiger partial charge on any atom is -0.374 e. The number of anilines is 1. The van der Waals surface area contributed by atoms with Gasteiger partial charge in [0.05, 0.1) is 26.2 Å². The number of nitrogens with one attached hydrogen (secondary N) is 2. The number of carbonyl (C=O) groups is 1. The van der Waals surface area contributed by atoms with Crippen molar-refractivity contribution in [2.45, 2.75) is 19.4 Å². The number of aryl methyl sites for hydroxylation is 1. The lowest BCUT2D eigenvalue weighted by atomic mass is 10.2. The van der Waals surface area contributed by atoms with Crippen molar-refractivity contribution in [3.05, 3.63) is 27.3 Å². The molecule has 1 aliphatic heterocycles.